The Hall–Kier alpha value is -1.24. The Balaban J connectivity index is 1.69. The minimum atomic E-state index is 0.450. The Morgan fingerprint density at radius 2 is 2.42 bits per heavy atom. The fraction of sp³-hybridized carbons (Fsp3) is 0.538. The molecule has 1 unspecified atom stereocenters. The van der Waals surface area contributed by atoms with Gasteiger partial charge in [0, 0.05) is 12.6 Å². The Morgan fingerprint density at radius 3 is 3.21 bits per heavy atom. The first kappa shape index (κ1) is 12.8. The summed E-state index contributed by atoms with van der Waals surface area (Å²) >= 11 is 1.62. The standard InChI is InChI=1S/C13H18N4OS/c14-8-10-4-1-2-6-17(10)9-12-15-13(16-18-12)11-5-3-7-19-11/h3,5,7,10H,1-2,4,6,8-9,14H2. The SMILES string of the molecule is NCC1CCCCN1Cc1nc(-c2cccs2)no1. The first-order valence-corrected chi connectivity index (χ1v) is 7.55. The number of nitrogens with zero attached hydrogens (tertiary/aromatic N) is 3. The van der Waals surface area contributed by atoms with Crippen molar-refractivity contribution >= 4 is 11.3 Å². The minimum absolute atomic E-state index is 0.450. The van der Waals surface area contributed by atoms with Gasteiger partial charge in [-0.3, -0.25) is 4.90 Å². The van der Waals surface area contributed by atoms with Gasteiger partial charge in [0.1, 0.15) is 0 Å². The van der Waals surface area contributed by atoms with Gasteiger partial charge < -0.3 is 10.3 Å². The molecule has 0 aliphatic carbocycles. The second-order valence-electron chi connectivity index (χ2n) is 4.84. The van der Waals surface area contributed by atoms with Crippen LogP contribution in [-0.2, 0) is 6.54 Å². The van der Waals surface area contributed by atoms with Crippen LogP contribution in [0.4, 0.5) is 0 Å². The van der Waals surface area contributed by atoms with Crippen LogP contribution in [0, 0.1) is 0 Å². The largest absolute Gasteiger partial charge is 0.338 e. The van der Waals surface area contributed by atoms with Crippen LogP contribution < -0.4 is 5.73 Å². The van der Waals surface area contributed by atoms with Crippen LogP contribution in [-0.4, -0.2) is 34.2 Å². The Morgan fingerprint density at radius 1 is 1.47 bits per heavy atom. The quantitative estimate of drug-likeness (QED) is 0.927. The van der Waals surface area contributed by atoms with E-state index in [2.05, 4.69) is 15.0 Å². The summed E-state index contributed by atoms with van der Waals surface area (Å²) in [7, 11) is 0. The Labute approximate surface area is 116 Å². The molecule has 0 saturated carbocycles. The molecule has 1 saturated heterocycles. The van der Waals surface area contributed by atoms with E-state index in [0.29, 0.717) is 30.8 Å². The molecule has 0 spiro atoms. The lowest BCUT2D eigenvalue weighted by Crippen LogP contribution is -2.43. The van der Waals surface area contributed by atoms with E-state index in [1.54, 1.807) is 11.3 Å². The first-order valence-electron chi connectivity index (χ1n) is 6.67. The molecule has 1 atom stereocenters. The van der Waals surface area contributed by atoms with Crippen LogP contribution in [0.25, 0.3) is 10.7 Å². The van der Waals surface area contributed by atoms with Gasteiger partial charge in [0.15, 0.2) is 0 Å². The van der Waals surface area contributed by atoms with Crippen molar-refractivity contribution in [2.75, 3.05) is 13.1 Å². The van der Waals surface area contributed by atoms with Gasteiger partial charge in [-0.25, -0.2) is 0 Å². The highest BCUT2D eigenvalue weighted by atomic mass is 32.1. The van der Waals surface area contributed by atoms with Crippen LogP contribution >= 0.6 is 11.3 Å². The average Bonchev–Trinajstić information content (AvgIpc) is 3.09. The summed E-state index contributed by atoms with van der Waals surface area (Å²) in [6, 6.07) is 4.44. The third-order valence-electron chi connectivity index (χ3n) is 3.57. The molecule has 3 heterocycles. The zero-order valence-electron chi connectivity index (χ0n) is 10.8. The average molecular weight is 278 g/mol. The number of aromatic nitrogens is 2. The summed E-state index contributed by atoms with van der Waals surface area (Å²) in [5, 5.41) is 6.06. The van der Waals surface area contributed by atoms with Crippen LogP contribution in [0.3, 0.4) is 0 Å². The normalized spacial score (nSPS) is 20.8. The maximum absolute atomic E-state index is 5.82. The lowest BCUT2D eigenvalue weighted by Gasteiger charge is -2.33. The number of thiophene rings is 1. The van der Waals surface area contributed by atoms with Crippen molar-refractivity contribution in [3.63, 3.8) is 0 Å². The maximum atomic E-state index is 5.82. The number of rotatable bonds is 4. The molecular formula is C13H18N4OS. The number of piperidine rings is 1. The molecule has 2 N–H and O–H groups in total. The van der Waals surface area contributed by atoms with Gasteiger partial charge in [0.05, 0.1) is 11.4 Å². The molecule has 19 heavy (non-hydrogen) atoms. The second kappa shape index (κ2) is 5.81. The van der Waals surface area contributed by atoms with E-state index in [4.69, 9.17) is 10.3 Å². The molecule has 1 fully saturated rings. The molecular weight excluding hydrogens is 260 g/mol. The van der Waals surface area contributed by atoms with E-state index in [1.807, 2.05) is 17.5 Å². The molecule has 1 aliphatic rings. The van der Waals surface area contributed by atoms with Crippen molar-refractivity contribution in [3.8, 4) is 10.7 Å². The maximum Gasteiger partial charge on any atom is 0.241 e. The highest BCUT2D eigenvalue weighted by Gasteiger charge is 2.23. The van der Waals surface area contributed by atoms with E-state index in [1.165, 1.54) is 19.3 Å². The zero-order chi connectivity index (χ0) is 13.1. The van der Waals surface area contributed by atoms with Crippen molar-refractivity contribution < 1.29 is 4.52 Å². The summed E-state index contributed by atoms with van der Waals surface area (Å²) in [4.78, 5) is 7.87. The summed E-state index contributed by atoms with van der Waals surface area (Å²) in [5.41, 5.74) is 5.82. The lowest BCUT2D eigenvalue weighted by molar-refractivity contribution is 0.128. The summed E-state index contributed by atoms with van der Waals surface area (Å²) < 4.78 is 5.35. The number of hydrogen-bond acceptors (Lipinski definition) is 6. The third-order valence-corrected chi connectivity index (χ3v) is 4.43. The predicted molar refractivity (Wildman–Crippen MR) is 74.7 cm³/mol. The van der Waals surface area contributed by atoms with Gasteiger partial charge in [0.2, 0.25) is 11.7 Å². The van der Waals surface area contributed by atoms with E-state index >= 15 is 0 Å². The van der Waals surface area contributed by atoms with Gasteiger partial charge >= 0.3 is 0 Å². The summed E-state index contributed by atoms with van der Waals surface area (Å²) in [5.74, 6) is 1.37. The second-order valence-corrected chi connectivity index (χ2v) is 5.79. The van der Waals surface area contributed by atoms with Gasteiger partial charge in [0.25, 0.3) is 0 Å². The highest BCUT2D eigenvalue weighted by Crippen LogP contribution is 2.23. The van der Waals surface area contributed by atoms with Crippen LogP contribution in [0.1, 0.15) is 25.2 Å². The molecule has 3 rings (SSSR count). The molecule has 0 bridgehead atoms. The van der Waals surface area contributed by atoms with Crippen LogP contribution in [0.15, 0.2) is 22.0 Å². The van der Waals surface area contributed by atoms with Gasteiger partial charge in [-0.05, 0) is 30.8 Å². The van der Waals surface area contributed by atoms with E-state index in [0.717, 1.165) is 11.4 Å². The van der Waals surface area contributed by atoms with E-state index in [-0.39, 0.29) is 0 Å². The molecule has 2 aromatic rings. The van der Waals surface area contributed by atoms with Crippen molar-refractivity contribution in [2.24, 2.45) is 5.73 Å². The predicted octanol–water partition coefficient (Wildman–Crippen LogP) is 2.11. The summed E-state index contributed by atoms with van der Waals surface area (Å²) in [6.45, 7) is 2.48. The monoisotopic (exact) mass is 278 g/mol. The summed E-state index contributed by atoms with van der Waals surface area (Å²) in [6.07, 6.45) is 3.66. The van der Waals surface area contributed by atoms with Crippen molar-refractivity contribution in [1.29, 1.82) is 0 Å². The van der Waals surface area contributed by atoms with E-state index < -0.39 is 0 Å². The molecule has 5 nitrogen and oxygen atoms in total. The fourth-order valence-electron chi connectivity index (χ4n) is 2.53. The fourth-order valence-corrected chi connectivity index (χ4v) is 3.18. The van der Waals surface area contributed by atoms with Gasteiger partial charge in [-0.15, -0.1) is 11.3 Å². The van der Waals surface area contributed by atoms with Crippen molar-refractivity contribution in [3.05, 3.63) is 23.4 Å². The topological polar surface area (TPSA) is 68.2 Å². The zero-order valence-corrected chi connectivity index (χ0v) is 11.6. The molecule has 0 aromatic carbocycles. The van der Waals surface area contributed by atoms with Crippen molar-refractivity contribution in [2.45, 2.75) is 31.8 Å². The molecule has 0 radical (unpaired) electrons. The lowest BCUT2D eigenvalue weighted by atomic mass is 10.0. The molecule has 102 valence electrons. The molecule has 1 aliphatic heterocycles. The highest BCUT2D eigenvalue weighted by molar-refractivity contribution is 7.13. The minimum Gasteiger partial charge on any atom is -0.338 e. The van der Waals surface area contributed by atoms with Crippen LogP contribution in [0.5, 0.6) is 0 Å². The molecule has 0 amide bonds. The third kappa shape index (κ3) is 2.86. The molecule has 6 heteroatoms. The number of nitrogens with two attached hydrogens (primary N) is 1. The van der Waals surface area contributed by atoms with E-state index in [9.17, 15) is 0 Å². The Bertz CT molecular complexity index is 510. The van der Waals surface area contributed by atoms with Crippen LogP contribution in [0.2, 0.25) is 0 Å². The number of hydrogen-bond donors (Lipinski definition) is 1. The van der Waals surface area contributed by atoms with Crippen molar-refractivity contribution in [1.82, 2.24) is 15.0 Å². The molecule has 2 aromatic heterocycles. The number of likely N-dealkylation sites (tertiary alicyclic amines) is 1. The first-order chi connectivity index (χ1) is 9.36. The smallest absolute Gasteiger partial charge is 0.241 e. The Kier molecular flexibility index (Phi) is 3.91. The van der Waals surface area contributed by atoms with Gasteiger partial charge in [-0.1, -0.05) is 17.6 Å². The van der Waals surface area contributed by atoms with Gasteiger partial charge in [-0.2, -0.15) is 4.98 Å².